The maximum atomic E-state index is 13.7. The van der Waals surface area contributed by atoms with Crippen molar-refractivity contribution in [3.05, 3.63) is 81.4 Å². The minimum absolute atomic E-state index is 0.00928. The number of carbonyl (C=O) groups excluding carboxylic acids is 5. The molecule has 4 aromatic rings. The monoisotopic (exact) mass is 1230 g/mol. The number of nitrogens with zero attached hydrogens (tertiary/aromatic N) is 6. The molecule has 2 aromatic heterocycles. The molecule has 1 aliphatic rings. The maximum Gasteiger partial charge on any atom is 0.323 e. The number of imidazole rings is 1. The number of carboxylic acids is 1. The molecule has 1 saturated heterocycles. The Balaban J connectivity index is 1.06. The molecule has 0 spiro atoms. The second-order valence-corrected chi connectivity index (χ2v) is 22.8. The molecule has 2 aromatic carbocycles. The molecule has 30 nitrogen and oxygen atoms in total. The van der Waals surface area contributed by atoms with Gasteiger partial charge in [0.15, 0.2) is 12.2 Å². The summed E-state index contributed by atoms with van der Waals surface area (Å²) in [5.74, 6) is -7.79. The maximum absolute atomic E-state index is 13.7. The highest BCUT2D eigenvalue weighted by Gasteiger charge is 2.34. The smallest absolute Gasteiger partial charge is 0.323 e. The van der Waals surface area contributed by atoms with E-state index in [2.05, 4.69) is 63.3 Å². The molecule has 476 valence electrons. The average Bonchev–Trinajstić information content (AvgIpc) is 1.65. The van der Waals surface area contributed by atoms with E-state index in [4.69, 9.17) is 4.74 Å². The predicted molar refractivity (Wildman–Crippen MR) is 315 cm³/mol. The number of aromatic nitrogens is 3. The number of carbonyl (C=O) groups is 6. The Bertz CT molecular complexity index is 3080. The van der Waals surface area contributed by atoms with E-state index in [1.54, 1.807) is 49.1 Å². The van der Waals surface area contributed by atoms with Crippen molar-refractivity contribution in [2.45, 2.75) is 95.2 Å². The highest BCUT2D eigenvalue weighted by Crippen LogP contribution is 2.26. The predicted octanol–water partition coefficient (Wildman–Crippen LogP) is -3.37. The third kappa shape index (κ3) is 22.3. The topological polar surface area (TPSA) is 415 Å². The molecule has 3 unspecified atom stereocenters. The zero-order valence-electron chi connectivity index (χ0n) is 49.4. The number of benzene rings is 2. The summed E-state index contributed by atoms with van der Waals surface area (Å²) in [4.78, 5) is 107. The van der Waals surface area contributed by atoms with Gasteiger partial charge in [-0.1, -0.05) is 19.9 Å². The number of aliphatic hydroxyl groups excluding tert-OH is 1. The molecule has 86 heavy (non-hydrogen) atoms. The van der Waals surface area contributed by atoms with Crippen molar-refractivity contribution in [2.24, 2.45) is 7.05 Å². The van der Waals surface area contributed by atoms with E-state index >= 15 is 0 Å². The van der Waals surface area contributed by atoms with Gasteiger partial charge in [0.25, 0.3) is 11.9 Å². The fourth-order valence-corrected chi connectivity index (χ4v) is 11.2. The number of hydrogen-bond acceptors (Lipinski definition) is 21. The Morgan fingerprint density at radius 2 is 1.45 bits per heavy atom. The summed E-state index contributed by atoms with van der Waals surface area (Å²) >= 11 is 0. The van der Waals surface area contributed by atoms with Crippen molar-refractivity contribution < 1.29 is 72.6 Å². The molecule has 1 aliphatic heterocycles. The summed E-state index contributed by atoms with van der Waals surface area (Å²) in [6.45, 7) is 11.7. The number of amides is 5. The minimum atomic E-state index is -4.53. The molecule has 3 heterocycles. The number of β-amino-alcohol motifs (C(OH)–C–C–N with tert-alkyl or cyclic N) is 2. The van der Waals surface area contributed by atoms with Gasteiger partial charge >= 0.3 is 5.97 Å². The number of nitrogens with one attached hydrogen (secondary N) is 8. The Kier molecular flexibility index (Phi) is 26.8. The van der Waals surface area contributed by atoms with Crippen LogP contribution in [-0.4, -0.2) is 244 Å². The Morgan fingerprint density at radius 1 is 0.802 bits per heavy atom. The fraction of sp³-hybridized carbons (Fsp3) is 0.564. The average molecular weight is 1230 g/mol. The molecule has 5 rings (SSSR count). The van der Waals surface area contributed by atoms with E-state index < -0.39 is 94.3 Å². The van der Waals surface area contributed by atoms with Crippen LogP contribution in [0, 0.1) is 13.8 Å². The van der Waals surface area contributed by atoms with E-state index in [0.717, 1.165) is 31.7 Å². The highest BCUT2D eigenvalue weighted by atomic mass is 32.2. The molecule has 0 aliphatic carbocycles. The lowest BCUT2D eigenvalue weighted by atomic mass is 10.1. The van der Waals surface area contributed by atoms with Gasteiger partial charge in [-0.3, -0.25) is 43.4 Å². The van der Waals surface area contributed by atoms with Gasteiger partial charge in [-0.25, -0.2) is 13.4 Å². The molecular formula is C55H84N14O16S. The van der Waals surface area contributed by atoms with Crippen LogP contribution in [0.25, 0.3) is 10.9 Å². The van der Waals surface area contributed by atoms with Gasteiger partial charge in [-0.2, -0.15) is 4.72 Å². The van der Waals surface area contributed by atoms with Crippen LogP contribution in [0.15, 0.2) is 58.6 Å². The fourth-order valence-electron chi connectivity index (χ4n) is 9.58. The van der Waals surface area contributed by atoms with E-state index in [1.165, 1.54) is 32.2 Å². The van der Waals surface area contributed by atoms with Crippen molar-refractivity contribution >= 4 is 62.4 Å². The number of fused-ring (bicyclic) bond motifs is 1. The zero-order valence-corrected chi connectivity index (χ0v) is 50.2. The number of aliphatic hydroxyl groups is 5. The number of carboxylic acid groups (broad SMARTS) is 1. The van der Waals surface area contributed by atoms with E-state index in [9.17, 15) is 72.6 Å². The lowest BCUT2D eigenvalue weighted by molar-refractivity contribution is -0.316. The number of H-pyrrole nitrogens is 1. The summed E-state index contributed by atoms with van der Waals surface area (Å²) in [5.41, 5.74) is 0.853. The molecule has 0 saturated carbocycles. The Labute approximate surface area is 498 Å². The van der Waals surface area contributed by atoms with Gasteiger partial charge in [0, 0.05) is 123 Å². The van der Waals surface area contributed by atoms with Crippen LogP contribution in [0.5, 0.6) is 5.75 Å². The van der Waals surface area contributed by atoms with Gasteiger partial charge in [0.2, 0.25) is 39.1 Å². The van der Waals surface area contributed by atoms with Gasteiger partial charge < -0.3 is 86.6 Å². The zero-order chi connectivity index (χ0) is 63.3. The second-order valence-electron chi connectivity index (χ2n) is 21.2. The van der Waals surface area contributed by atoms with Crippen LogP contribution >= 0.6 is 0 Å². The molecule has 5 amide bonds. The third-order valence-corrected chi connectivity index (χ3v) is 16.0. The summed E-state index contributed by atoms with van der Waals surface area (Å²) in [5, 5.41) is 74.6. The standard InChI is InChI=1S/C55H84N14O16S/c1-7-41(62-46(71)33-68-20-18-65(5)17-19-67(8-2)21-22-69(24-23-68)34-47(72)73)52(77)63-42(29-55(80,81)82)51(76)57-14-13-56-45(70)10-9-25-85-38-26-35(3)49(36(4)27-38)86(83,84)64-43(53(78)79)31-60-50(75)40-32-66(6)44-28-37(11-12-39(44)48(40)74)30-61-54-58-15-16-59-54/h11-12,15-16,26-28,32,41-43,47,64,72-73,80-82H,7-10,13-14,17-25,29-31,33-34H2,1-6H3,(H,56,70)(H,57,76)(H,60,75)(H,62,71)(H,63,77)(H,78,79)(H2,58,59,61). The van der Waals surface area contributed by atoms with Crippen molar-refractivity contribution in [3.8, 4) is 5.75 Å². The summed E-state index contributed by atoms with van der Waals surface area (Å²) in [7, 11) is -0.907. The molecule has 31 heteroatoms. The first-order valence-electron chi connectivity index (χ1n) is 28.3. The molecule has 3 atom stereocenters. The van der Waals surface area contributed by atoms with Crippen molar-refractivity contribution in [2.75, 3.05) is 111 Å². The minimum Gasteiger partial charge on any atom is -0.494 e. The number of likely N-dealkylation sites (N-methyl/N-ethyl adjacent to an activating group) is 2. The second kappa shape index (κ2) is 33.1. The molecular weight excluding hydrogens is 1140 g/mol. The molecule has 1 fully saturated rings. The lowest BCUT2D eigenvalue weighted by Gasteiger charge is -2.33. The first kappa shape index (κ1) is 69.6. The van der Waals surface area contributed by atoms with Crippen LogP contribution in [-0.2, 0) is 47.6 Å². The molecule has 14 N–H and O–H groups in total. The number of pyridine rings is 1. The van der Waals surface area contributed by atoms with Gasteiger partial charge in [0.05, 0.1) is 30.0 Å². The SMILES string of the molecule is CCC(NC(=O)CN1CCN(C)CCN(CC)CCN(CC(O)O)CC1)C(=O)NC(CC(O)(O)O)C(=O)NCCNC(=O)CCCOc1cc(C)c(S(=O)(=O)NC(CNC(=O)c2cn(C)c3cc(CNc4ncc[nH]4)ccc3c2=O)C(=O)O)c(C)c1. The Morgan fingerprint density at radius 3 is 2.08 bits per heavy atom. The number of rotatable bonds is 30. The van der Waals surface area contributed by atoms with Crippen molar-refractivity contribution in [1.29, 1.82) is 0 Å². The van der Waals surface area contributed by atoms with Gasteiger partial charge in [-0.15, -0.1) is 0 Å². The number of aryl methyl sites for hydroxylation is 3. The Hall–Kier alpha value is -7.17. The van der Waals surface area contributed by atoms with Crippen LogP contribution in [0.3, 0.4) is 0 Å². The van der Waals surface area contributed by atoms with Gasteiger partial charge in [-0.05, 0) is 81.2 Å². The summed E-state index contributed by atoms with van der Waals surface area (Å²) < 4.78 is 36.9. The highest BCUT2D eigenvalue weighted by molar-refractivity contribution is 7.89. The van der Waals surface area contributed by atoms with Crippen LogP contribution in [0.2, 0.25) is 0 Å². The van der Waals surface area contributed by atoms with Crippen LogP contribution in [0.1, 0.15) is 66.6 Å². The number of aliphatic carboxylic acids is 1. The third-order valence-electron chi connectivity index (χ3n) is 14.3. The number of hydrogen-bond donors (Lipinski definition) is 14. The number of anilines is 1. The van der Waals surface area contributed by atoms with Gasteiger partial charge in [0.1, 0.15) is 29.4 Å². The molecule has 0 radical (unpaired) electrons. The van der Waals surface area contributed by atoms with Crippen molar-refractivity contribution in [1.82, 2.24) is 65.4 Å². The first-order chi connectivity index (χ1) is 40.7. The largest absolute Gasteiger partial charge is 0.494 e. The number of sulfonamides is 1. The normalized spacial score (nSPS) is 15.6. The van der Waals surface area contributed by atoms with E-state index in [1.807, 2.05) is 16.8 Å². The summed E-state index contributed by atoms with van der Waals surface area (Å²) in [6.07, 6.45) is 2.22. The van der Waals surface area contributed by atoms with Crippen LogP contribution in [0.4, 0.5) is 5.95 Å². The first-order valence-corrected chi connectivity index (χ1v) is 29.8. The number of ether oxygens (including phenoxy) is 1. The van der Waals surface area contributed by atoms with E-state index in [-0.39, 0.29) is 84.8 Å². The lowest BCUT2D eigenvalue weighted by Crippen LogP contribution is -2.57. The number of aromatic amines is 1. The van der Waals surface area contributed by atoms with Crippen molar-refractivity contribution in [3.63, 3.8) is 0 Å². The summed E-state index contributed by atoms with van der Waals surface area (Å²) in [6, 6.07) is 3.21. The molecule has 0 bridgehead atoms. The van der Waals surface area contributed by atoms with E-state index in [0.29, 0.717) is 50.7 Å². The quantitative estimate of drug-likeness (QED) is 0.0179. The van der Waals surface area contributed by atoms with Crippen LogP contribution < -0.4 is 46.8 Å².